The first-order chi connectivity index (χ1) is 13.5. The monoisotopic (exact) mass is 555 g/mol. The zero-order chi connectivity index (χ0) is 21.7. The Morgan fingerprint density at radius 1 is 1.03 bits per heavy atom. The van der Waals surface area contributed by atoms with Gasteiger partial charge in [-0.15, -0.1) is 24.0 Å². The first-order valence-corrected chi connectivity index (χ1v) is 10.8. The van der Waals surface area contributed by atoms with Crippen molar-refractivity contribution in [3.05, 3.63) is 65.2 Å². The Hall–Kier alpha value is -1.82. The second-order valence-electron chi connectivity index (χ2n) is 6.64. The van der Waals surface area contributed by atoms with Gasteiger partial charge in [-0.1, -0.05) is 24.3 Å². The molecule has 0 unspecified atom stereocenters. The maximum absolute atomic E-state index is 12.7. The summed E-state index contributed by atoms with van der Waals surface area (Å²) < 4.78 is 61.1. The van der Waals surface area contributed by atoms with E-state index in [9.17, 15) is 21.6 Å². The maximum Gasteiger partial charge on any atom is 0.416 e. The van der Waals surface area contributed by atoms with Crippen LogP contribution in [0.25, 0.3) is 0 Å². The summed E-state index contributed by atoms with van der Waals surface area (Å²) in [5, 5.41) is 3.14. The van der Waals surface area contributed by atoms with Crippen LogP contribution in [0.1, 0.15) is 23.6 Å². The third-order valence-electron chi connectivity index (χ3n) is 4.16. The number of halogens is 4. The van der Waals surface area contributed by atoms with E-state index < -0.39 is 21.6 Å². The Balaban J connectivity index is 0.00000450. The quantitative estimate of drug-likeness (QED) is 0.328. The molecule has 0 fully saturated rings. The Morgan fingerprint density at radius 2 is 1.57 bits per heavy atom. The second-order valence-corrected chi connectivity index (χ2v) is 8.65. The van der Waals surface area contributed by atoms with Crippen LogP contribution in [0.4, 0.5) is 13.2 Å². The van der Waals surface area contributed by atoms with Gasteiger partial charge in [-0.25, -0.2) is 13.4 Å². The first kappa shape index (κ1) is 26.2. The number of nitrogens with one attached hydrogen (secondary N) is 1. The van der Waals surface area contributed by atoms with Crippen LogP contribution in [-0.2, 0) is 29.1 Å². The van der Waals surface area contributed by atoms with Gasteiger partial charge in [0.25, 0.3) is 0 Å². The lowest BCUT2D eigenvalue weighted by atomic mass is 10.1. The topological polar surface area (TPSA) is 61.8 Å². The molecule has 0 bridgehead atoms. The molecule has 0 saturated carbocycles. The van der Waals surface area contributed by atoms with E-state index in [0.29, 0.717) is 25.6 Å². The number of nitrogens with zero attached hydrogens (tertiary/aromatic N) is 2. The van der Waals surface area contributed by atoms with Crippen molar-refractivity contribution >= 4 is 39.8 Å². The molecule has 1 N–H and O–H groups in total. The number of alkyl halides is 3. The molecular formula is C20H25F3IN3O2S. The SMILES string of the molecule is CCNC(=NCc1ccc(S(C)(=O)=O)cc1)N(C)Cc1ccc(C(F)(F)F)cc1.I. The molecule has 0 aliphatic carbocycles. The summed E-state index contributed by atoms with van der Waals surface area (Å²) >= 11 is 0. The zero-order valence-corrected chi connectivity index (χ0v) is 20.0. The van der Waals surface area contributed by atoms with Crippen LogP contribution in [0.2, 0.25) is 0 Å². The predicted octanol–water partition coefficient (Wildman–Crippen LogP) is 4.32. The fraction of sp³-hybridized carbons (Fsp3) is 0.350. The van der Waals surface area contributed by atoms with Crippen molar-refractivity contribution in [3.63, 3.8) is 0 Å². The molecule has 30 heavy (non-hydrogen) atoms. The molecule has 0 aromatic heterocycles. The fourth-order valence-electron chi connectivity index (χ4n) is 2.63. The van der Waals surface area contributed by atoms with E-state index in [1.165, 1.54) is 12.1 Å². The molecule has 0 aliphatic heterocycles. The maximum atomic E-state index is 12.7. The van der Waals surface area contributed by atoms with Gasteiger partial charge < -0.3 is 10.2 Å². The molecule has 0 atom stereocenters. The number of guanidine groups is 1. The van der Waals surface area contributed by atoms with Crippen LogP contribution in [-0.4, -0.2) is 39.1 Å². The number of hydrogen-bond acceptors (Lipinski definition) is 3. The van der Waals surface area contributed by atoms with Crippen molar-refractivity contribution in [2.24, 2.45) is 4.99 Å². The Kier molecular flexibility index (Phi) is 9.60. The van der Waals surface area contributed by atoms with E-state index in [2.05, 4.69) is 10.3 Å². The average Bonchev–Trinajstić information content (AvgIpc) is 2.64. The third-order valence-corrected chi connectivity index (χ3v) is 5.29. The predicted molar refractivity (Wildman–Crippen MR) is 123 cm³/mol. The number of sulfone groups is 1. The molecule has 0 saturated heterocycles. The lowest BCUT2D eigenvalue weighted by Crippen LogP contribution is -2.38. The van der Waals surface area contributed by atoms with Crippen molar-refractivity contribution in [3.8, 4) is 0 Å². The third kappa shape index (κ3) is 7.78. The van der Waals surface area contributed by atoms with Crippen LogP contribution < -0.4 is 5.32 Å². The van der Waals surface area contributed by atoms with Crippen LogP contribution in [0, 0.1) is 0 Å². The number of benzene rings is 2. The van der Waals surface area contributed by atoms with Gasteiger partial charge in [0, 0.05) is 26.4 Å². The Labute approximate surface area is 192 Å². The second kappa shape index (κ2) is 11.0. The fourth-order valence-corrected chi connectivity index (χ4v) is 3.26. The molecule has 166 valence electrons. The van der Waals surface area contributed by atoms with E-state index in [4.69, 9.17) is 0 Å². The van der Waals surface area contributed by atoms with Crippen molar-refractivity contribution in [2.75, 3.05) is 19.8 Å². The Bertz CT molecular complexity index is 945. The molecule has 10 heteroatoms. The summed E-state index contributed by atoms with van der Waals surface area (Å²) in [6.07, 6.45) is -3.20. The van der Waals surface area contributed by atoms with Gasteiger partial charge in [0.1, 0.15) is 0 Å². The molecule has 2 rings (SSSR count). The van der Waals surface area contributed by atoms with E-state index in [1.807, 2.05) is 11.8 Å². The molecular weight excluding hydrogens is 530 g/mol. The molecule has 5 nitrogen and oxygen atoms in total. The minimum Gasteiger partial charge on any atom is -0.357 e. The highest BCUT2D eigenvalue weighted by molar-refractivity contribution is 14.0. The van der Waals surface area contributed by atoms with Crippen molar-refractivity contribution < 1.29 is 21.6 Å². The van der Waals surface area contributed by atoms with Crippen LogP contribution in [0.15, 0.2) is 58.4 Å². The molecule has 0 spiro atoms. The van der Waals surface area contributed by atoms with Gasteiger partial charge in [0.05, 0.1) is 17.0 Å². The number of hydrogen-bond donors (Lipinski definition) is 1. The molecule has 0 amide bonds. The largest absolute Gasteiger partial charge is 0.416 e. The van der Waals surface area contributed by atoms with Crippen molar-refractivity contribution in [1.29, 1.82) is 0 Å². The van der Waals surface area contributed by atoms with Crippen molar-refractivity contribution in [1.82, 2.24) is 10.2 Å². The summed E-state index contributed by atoms with van der Waals surface area (Å²) in [5.41, 5.74) is 0.890. The molecule has 0 heterocycles. The zero-order valence-electron chi connectivity index (χ0n) is 16.9. The summed E-state index contributed by atoms with van der Waals surface area (Å²) in [6.45, 7) is 3.27. The highest BCUT2D eigenvalue weighted by Crippen LogP contribution is 2.29. The van der Waals surface area contributed by atoms with Crippen LogP contribution >= 0.6 is 24.0 Å². The normalized spacial score (nSPS) is 12.3. The minimum absolute atomic E-state index is 0. The highest BCUT2D eigenvalue weighted by atomic mass is 127. The lowest BCUT2D eigenvalue weighted by molar-refractivity contribution is -0.137. The van der Waals surface area contributed by atoms with E-state index in [1.54, 1.807) is 31.3 Å². The van der Waals surface area contributed by atoms with E-state index >= 15 is 0 Å². The number of aliphatic imine (C=N–C) groups is 1. The summed E-state index contributed by atoms with van der Waals surface area (Å²) in [6, 6.07) is 11.5. The molecule has 2 aromatic rings. The summed E-state index contributed by atoms with van der Waals surface area (Å²) in [4.78, 5) is 6.59. The first-order valence-electron chi connectivity index (χ1n) is 8.95. The Morgan fingerprint density at radius 3 is 2.03 bits per heavy atom. The molecule has 0 aliphatic rings. The van der Waals surface area contributed by atoms with E-state index in [0.717, 1.165) is 29.5 Å². The van der Waals surface area contributed by atoms with Gasteiger partial charge in [-0.2, -0.15) is 13.2 Å². The van der Waals surface area contributed by atoms with Gasteiger partial charge in [-0.05, 0) is 42.3 Å². The molecule has 0 radical (unpaired) electrons. The lowest BCUT2D eigenvalue weighted by Gasteiger charge is -2.22. The van der Waals surface area contributed by atoms with E-state index in [-0.39, 0.29) is 28.9 Å². The minimum atomic E-state index is -4.35. The summed E-state index contributed by atoms with van der Waals surface area (Å²) in [5.74, 6) is 0.597. The van der Waals surface area contributed by atoms with Crippen LogP contribution in [0.5, 0.6) is 0 Å². The standard InChI is InChI=1S/C20H24F3N3O2S.HI/c1-4-24-19(25-13-15-7-11-18(12-8-15)29(3,27)28)26(2)14-16-5-9-17(10-6-16)20(21,22)23;/h5-12H,4,13-14H2,1-3H3,(H,24,25);1H. The average molecular weight is 555 g/mol. The highest BCUT2D eigenvalue weighted by Gasteiger charge is 2.29. The molecule has 2 aromatic carbocycles. The van der Waals surface area contributed by atoms with Gasteiger partial charge >= 0.3 is 6.18 Å². The van der Waals surface area contributed by atoms with Gasteiger partial charge in [-0.3, -0.25) is 0 Å². The van der Waals surface area contributed by atoms with Gasteiger partial charge in [0.15, 0.2) is 15.8 Å². The smallest absolute Gasteiger partial charge is 0.357 e. The van der Waals surface area contributed by atoms with Crippen molar-refractivity contribution in [2.45, 2.75) is 31.1 Å². The number of rotatable bonds is 6. The summed E-state index contributed by atoms with van der Waals surface area (Å²) in [7, 11) is -1.45. The van der Waals surface area contributed by atoms with Crippen LogP contribution in [0.3, 0.4) is 0 Å². The van der Waals surface area contributed by atoms with Gasteiger partial charge in [0.2, 0.25) is 0 Å².